The molecule has 0 aromatic heterocycles. The minimum atomic E-state index is -5.04. The van der Waals surface area contributed by atoms with Gasteiger partial charge in [0.1, 0.15) is 6.04 Å². The van der Waals surface area contributed by atoms with Gasteiger partial charge in [-0.15, -0.1) is 0 Å². The van der Waals surface area contributed by atoms with Gasteiger partial charge in [0.2, 0.25) is 0 Å². The molecule has 102 valence electrons. The van der Waals surface area contributed by atoms with Crippen LogP contribution < -0.4 is 0 Å². The maximum atomic E-state index is 12.5. The van der Waals surface area contributed by atoms with Gasteiger partial charge in [0.05, 0.1) is 5.54 Å². The van der Waals surface area contributed by atoms with Crippen LogP contribution in [0, 0.1) is 0 Å². The van der Waals surface area contributed by atoms with Crippen molar-refractivity contribution >= 4 is 11.9 Å². The molecule has 2 aliphatic rings. The predicted molar refractivity (Wildman–Crippen MR) is 51.7 cm³/mol. The van der Waals surface area contributed by atoms with E-state index in [1.807, 2.05) is 0 Å². The Labute approximate surface area is 100 Å². The van der Waals surface area contributed by atoms with E-state index < -0.39 is 29.6 Å². The second-order valence-corrected chi connectivity index (χ2v) is 4.57. The first kappa shape index (κ1) is 13.1. The molecule has 2 heterocycles. The summed E-state index contributed by atoms with van der Waals surface area (Å²) in [5.41, 5.74) is -0.992. The minimum absolute atomic E-state index is 0.0630. The third-order valence-electron chi connectivity index (χ3n) is 3.57. The number of carbonyl (C=O) groups excluding carboxylic acids is 1. The van der Waals surface area contributed by atoms with Crippen LogP contribution in [0.2, 0.25) is 0 Å². The zero-order chi connectivity index (χ0) is 13.6. The van der Waals surface area contributed by atoms with E-state index >= 15 is 0 Å². The van der Waals surface area contributed by atoms with Gasteiger partial charge in [0, 0.05) is 19.6 Å². The van der Waals surface area contributed by atoms with Crippen molar-refractivity contribution in [3.05, 3.63) is 0 Å². The van der Waals surface area contributed by atoms with Crippen LogP contribution in [0.4, 0.5) is 13.2 Å². The van der Waals surface area contributed by atoms with Gasteiger partial charge in [-0.1, -0.05) is 0 Å². The number of carbonyl (C=O) groups is 2. The molecule has 1 unspecified atom stereocenters. The van der Waals surface area contributed by atoms with E-state index in [1.54, 1.807) is 0 Å². The Hall–Kier alpha value is -1.31. The van der Waals surface area contributed by atoms with Crippen LogP contribution in [-0.2, 0) is 14.3 Å². The van der Waals surface area contributed by atoms with E-state index in [4.69, 9.17) is 9.84 Å². The first-order chi connectivity index (χ1) is 8.28. The molecule has 0 bridgehead atoms. The fourth-order valence-corrected chi connectivity index (χ4v) is 2.66. The number of carboxylic acid groups (broad SMARTS) is 1. The van der Waals surface area contributed by atoms with Crippen LogP contribution in [0.1, 0.15) is 19.3 Å². The van der Waals surface area contributed by atoms with Gasteiger partial charge in [-0.3, -0.25) is 4.79 Å². The van der Waals surface area contributed by atoms with Crippen molar-refractivity contribution in [3.63, 3.8) is 0 Å². The first-order valence-corrected chi connectivity index (χ1v) is 5.49. The van der Waals surface area contributed by atoms with Crippen LogP contribution in [0.3, 0.4) is 0 Å². The summed E-state index contributed by atoms with van der Waals surface area (Å²) < 4.78 is 42.5. The Balaban J connectivity index is 2.24. The van der Waals surface area contributed by atoms with Crippen LogP contribution in [0.15, 0.2) is 0 Å². The number of amides is 1. The molecule has 0 saturated carbocycles. The minimum Gasteiger partial charge on any atom is -0.480 e. The molecule has 8 heteroatoms. The van der Waals surface area contributed by atoms with Crippen molar-refractivity contribution in [1.29, 1.82) is 0 Å². The summed E-state index contributed by atoms with van der Waals surface area (Å²) in [4.78, 5) is 22.7. The molecule has 5 nitrogen and oxygen atoms in total. The van der Waals surface area contributed by atoms with Gasteiger partial charge in [0.15, 0.2) is 0 Å². The molecular weight excluding hydrogens is 255 g/mol. The van der Waals surface area contributed by atoms with E-state index in [-0.39, 0.29) is 32.5 Å². The molecule has 2 aliphatic heterocycles. The SMILES string of the molecule is O=C(O)C1CC2(CCOCC2)N1C(=O)C(F)(F)F. The third-order valence-corrected chi connectivity index (χ3v) is 3.57. The number of aliphatic carboxylic acids is 1. The van der Waals surface area contributed by atoms with Crippen LogP contribution in [-0.4, -0.2) is 52.9 Å². The fraction of sp³-hybridized carbons (Fsp3) is 0.800. The number of rotatable bonds is 1. The van der Waals surface area contributed by atoms with E-state index in [9.17, 15) is 22.8 Å². The molecule has 18 heavy (non-hydrogen) atoms. The Morgan fingerprint density at radius 3 is 2.28 bits per heavy atom. The number of hydrogen-bond acceptors (Lipinski definition) is 3. The molecule has 1 spiro atoms. The van der Waals surface area contributed by atoms with E-state index in [2.05, 4.69) is 0 Å². The molecule has 2 rings (SSSR count). The van der Waals surface area contributed by atoms with Gasteiger partial charge in [0.25, 0.3) is 0 Å². The number of nitrogens with zero attached hydrogens (tertiary/aromatic N) is 1. The quantitative estimate of drug-likeness (QED) is 0.762. The van der Waals surface area contributed by atoms with Crippen molar-refractivity contribution in [3.8, 4) is 0 Å². The smallest absolute Gasteiger partial charge is 0.471 e. The Bertz CT molecular complexity index is 376. The summed E-state index contributed by atoms with van der Waals surface area (Å²) in [7, 11) is 0. The fourth-order valence-electron chi connectivity index (χ4n) is 2.66. The zero-order valence-electron chi connectivity index (χ0n) is 9.37. The summed E-state index contributed by atoms with van der Waals surface area (Å²) in [5, 5.41) is 8.84. The molecule has 1 atom stereocenters. The normalized spacial score (nSPS) is 26.8. The lowest BCUT2D eigenvalue weighted by Gasteiger charge is -2.58. The van der Waals surface area contributed by atoms with E-state index in [1.165, 1.54) is 0 Å². The molecular formula is C10H12F3NO4. The van der Waals surface area contributed by atoms with Gasteiger partial charge in [-0.2, -0.15) is 13.2 Å². The van der Waals surface area contributed by atoms with Gasteiger partial charge < -0.3 is 14.7 Å². The summed E-state index contributed by atoms with van der Waals surface area (Å²) >= 11 is 0. The van der Waals surface area contributed by atoms with Crippen LogP contribution in [0.5, 0.6) is 0 Å². The summed E-state index contributed by atoms with van der Waals surface area (Å²) in [6.07, 6.45) is -4.48. The molecule has 0 radical (unpaired) electrons. The standard InChI is InChI=1S/C10H12F3NO4/c11-10(12,13)8(17)14-6(7(15)16)5-9(14)1-3-18-4-2-9/h6H,1-5H2,(H,15,16). The first-order valence-electron chi connectivity index (χ1n) is 5.49. The largest absolute Gasteiger partial charge is 0.480 e. The monoisotopic (exact) mass is 267 g/mol. The highest BCUT2D eigenvalue weighted by Gasteiger charge is 2.62. The predicted octanol–water partition coefficient (Wildman–Crippen LogP) is 0.783. The van der Waals surface area contributed by atoms with Gasteiger partial charge in [-0.05, 0) is 12.8 Å². The van der Waals surface area contributed by atoms with Crippen LogP contribution >= 0.6 is 0 Å². The third kappa shape index (κ3) is 1.94. The van der Waals surface area contributed by atoms with Gasteiger partial charge >= 0.3 is 18.1 Å². The number of ether oxygens (including phenoxy) is 1. The molecule has 1 amide bonds. The Kier molecular flexibility index (Phi) is 3.00. The second kappa shape index (κ2) is 4.11. The van der Waals surface area contributed by atoms with Gasteiger partial charge in [-0.25, -0.2) is 4.79 Å². The maximum absolute atomic E-state index is 12.5. The summed E-state index contributed by atoms with van der Waals surface area (Å²) in [5.74, 6) is -3.47. The highest BCUT2D eigenvalue weighted by Crippen LogP contribution is 2.46. The van der Waals surface area contributed by atoms with Crippen molar-refractivity contribution in [2.75, 3.05) is 13.2 Å². The number of alkyl halides is 3. The number of carboxylic acids is 1. The van der Waals surface area contributed by atoms with Crippen molar-refractivity contribution < 1.29 is 32.6 Å². The summed E-state index contributed by atoms with van der Waals surface area (Å²) in [6, 6.07) is -1.38. The molecule has 1 N–H and O–H groups in total. The number of likely N-dealkylation sites (tertiary alicyclic amines) is 1. The van der Waals surface area contributed by atoms with Crippen molar-refractivity contribution in [2.45, 2.75) is 37.0 Å². The maximum Gasteiger partial charge on any atom is 0.471 e. The number of hydrogen-bond donors (Lipinski definition) is 1. The molecule has 2 saturated heterocycles. The highest BCUT2D eigenvalue weighted by molar-refractivity contribution is 5.89. The Morgan fingerprint density at radius 1 is 1.28 bits per heavy atom. The second-order valence-electron chi connectivity index (χ2n) is 4.57. The van der Waals surface area contributed by atoms with Crippen molar-refractivity contribution in [2.24, 2.45) is 0 Å². The Morgan fingerprint density at radius 2 is 1.83 bits per heavy atom. The lowest BCUT2D eigenvalue weighted by atomic mass is 9.72. The van der Waals surface area contributed by atoms with E-state index in [0.717, 1.165) is 0 Å². The average molecular weight is 267 g/mol. The van der Waals surface area contributed by atoms with E-state index in [0.29, 0.717) is 4.90 Å². The molecule has 0 aliphatic carbocycles. The molecule has 0 aromatic rings. The average Bonchev–Trinajstić information content (AvgIpc) is 2.25. The topological polar surface area (TPSA) is 66.8 Å². The van der Waals surface area contributed by atoms with Crippen LogP contribution in [0.25, 0.3) is 0 Å². The molecule has 2 fully saturated rings. The lowest BCUT2D eigenvalue weighted by molar-refractivity contribution is -0.218. The summed E-state index contributed by atoms with van der Waals surface area (Å²) in [6.45, 7) is 0.488. The zero-order valence-corrected chi connectivity index (χ0v) is 9.37. The lowest BCUT2D eigenvalue weighted by Crippen LogP contribution is -2.73. The highest BCUT2D eigenvalue weighted by atomic mass is 19.4. The number of halogens is 3. The van der Waals surface area contributed by atoms with Crippen molar-refractivity contribution in [1.82, 2.24) is 4.90 Å². The molecule has 0 aromatic carbocycles.